The summed E-state index contributed by atoms with van der Waals surface area (Å²) in [7, 11) is 0. The van der Waals surface area contributed by atoms with Crippen molar-refractivity contribution in [2.45, 2.75) is 32.4 Å². The average Bonchev–Trinajstić information content (AvgIpc) is 3.44. The van der Waals surface area contributed by atoms with E-state index in [0.717, 1.165) is 17.5 Å². The zero-order chi connectivity index (χ0) is 23.3. The van der Waals surface area contributed by atoms with E-state index in [1.807, 2.05) is 25.1 Å². The molecule has 33 heavy (non-hydrogen) atoms. The van der Waals surface area contributed by atoms with Gasteiger partial charge < -0.3 is 25.2 Å². The Morgan fingerprint density at radius 1 is 1.39 bits per heavy atom. The van der Waals surface area contributed by atoms with Gasteiger partial charge in [0.05, 0.1) is 16.5 Å². The number of anilines is 2. The number of nitrogens with one attached hydrogen (secondary N) is 1. The molecule has 170 valence electrons. The Kier molecular flexibility index (Phi) is 5.26. The second kappa shape index (κ2) is 8.13. The van der Waals surface area contributed by atoms with E-state index in [1.54, 1.807) is 17.6 Å². The molecule has 3 aromatic heterocycles. The molecule has 11 heteroatoms. The SMILES string of the molecule is Cc1noc(-c2c(N)ncnc2N[C@@H](C)c2cc3cccc(Cl)c3c(=O)n2C2CC2CO)n1. The van der Waals surface area contributed by atoms with Crippen LogP contribution in [-0.4, -0.2) is 36.4 Å². The number of fused-ring (bicyclic) bond motifs is 1. The fraction of sp³-hybridized carbons (Fsp3) is 0.318. The number of aromatic nitrogens is 5. The minimum Gasteiger partial charge on any atom is -0.396 e. The summed E-state index contributed by atoms with van der Waals surface area (Å²) in [6.07, 6.45) is 2.06. The number of halogens is 1. The number of nitrogen functional groups attached to an aromatic ring is 1. The van der Waals surface area contributed by atoms with Gasteiger partial charge in [-0.15, -0.1) is 0 Å². The van der Waals surface area contributed by atoms with Crippen molar-refractivity contribution in [3.8, 4) is 11.5 Å². The molecule has 10 nitrogen and oxygen atoms in total. The highest BCUT2D eigenvalue weighted by Gasteiger charge is 2.40. The van der Waals surface area contributed by atoms with Crippen molar-refractivity contribution < 1.29 is 9.63 Å². The third-order valence-electron chi connectivity index (χ3n) is 5.93. The molecule has 0 aliphatic heterocycles. The number of pyridine rings is 1. The Labute approximate surface area is 193 Å². The molecule has 1 fully saturated rings. The summed E-state index contributed by atoms with van der Waals surface area (Å²) in [6, 6.07) is 6.85. The first-order valence-electron chi connectivity index (χ1n) is 10.5. The summed E-state index contributed by atoms with van der Waals surface area (Å²) in [5, 5.41) is 18.4. The number of nitrogens with two attached hydrogens (primary N) is 1. The van der Waals surface area contributed by atoms with Crippen LogP contribution in [-0.2, 0) is 0 Å². The Bertz CT molecular complexity index is 1420. The second-order valence-electron chi connectivity index (χ2n) is 8.19. The highest BCUT2D eigenvalue weighted by Crippen LogP contribution is 2.44. The second-order valence-corrected chi connectivity index (χ2v) is 8.60. The van der Waals surface area contributed by atoms with E-state index in [9.17, 15) is 9.90 Å². The fourth-order valence-corrected chi connectivity index (χ4v) is 4.43. The molecule has 0 amide bonds. The number of aliphatic hydroxyl groups excluding tert-OH is 1. The average molecular weight is 468 g/mol. The van der Waals surface area contributed by atoms with E-state index in [1.165, 1.54) is 6.33 Å². The van der Waals surface area contributed by atoms with E-state index >= 15 is 0 Å². The van der Waals surface area contributed by atoms with Gasteiger partial charge in [-0.2, -0.15) is 4.98 Å². The Balaban J connectivity index is 1.62. The van der Waals surface area contributed by atoms with Crippen LogP contribution in [0, 0.1) is 12.8 Å². The van der Waals surface area contributed by atoms with E-state index in [2.05, 4.69) is 25.4 Å². The highest BCUT2D eigenvalue weighted by atomic mass is 35.5. The molecule has 4 N–H and O–H groups in total. The van der Waals surface area contributed by atoms with Crippen LogP contribution in [0.4, 0.5) is 11.6 Å². The van der Waals surface area contributed by atoms with Gasteiger partial charge in [-0.3, -0.25) is 4.79 Å². The number of hydrogen-bond acceptors (Lipinski definition) is 9. The lowest BCUT2D eigenvalue weighted by Crippen LogP contribution is -2.27. The predicted molar refractivity (Wildman–Crippen MR) is 124 cm³/mol. The van der Waals surface area contributed by atoms with Gasteiger partial charge in [-0.1, -0.05) is 28.9 Å². The number of rotatable bonds is 6. The molecule has 3 heterocycles. The van der Waals surface area contributed by atoms with Gasteiger partial charge in [0.2, 0.25) is 0 Å². The first kappa shape index (κ1) is 21.4. The van der Waals surface area contributed by atoms with Gasteiger partial charge in [-0.05, 0) is 37.8 Å². The smallest absolute Gasteiger partial charge is 0.265 e. The van der Waals surface area contributed by atoms with Gasteiger partial charge in [0.15, 0.2) is 5.82 Å². The molecule has 0 spiro atoms. The number of hydrogen-bond donors (Lipinski definition) is 3. The van der Waals surface area contributed by atoms with Crippen molar-refractivity contribution in [3.05, 3.63) is 57.5 Å². The van der Waals surface area contributed by atoms with Crippen LogP contribution < -0.4 is 16.6 Å². The van der Waals surface area contributed by atoms with Crippen LogP contribution in [0.3, 0.4) is 0 Å². The summed E-state index contributed by atoms with van der Waals surface area (Å²) in [6.45, 7) is 3.63. The lowest BCUT2D eigenvalue weighted by molar-refractivity contribution is 0.268. The van der Waals surface area contributed by atoms with Crippen LogP contribution in [0.2, 0.25) is 5.02 Å². The number of nitrogens with zero attached hydrogens (tertiary/aromatic N) is 5. The van der Waals surface area contributed by atoms with Crippen LogP contribution in [0.5, 0.6) is 0 Å². The molecule has 0 radical (unpaired) electrons. The third-order valence-corrected chi connectivity index (χ3v) is 6.24. The number of benzene rings is 1. The first-order valence-corrected chi connectivity index (χ1v) is 10.9. The molecule has 1 aliphatic carbocycles. The standard InChI is InChI=1S/C22H22ClN7O3/c1-10(27-20-18(19(24)25-9-26-20)21-28-11(2)29-33-21)15-6-12-4-3-5-14(23)17(12)22(32)30(15)16-7-13(16)8-31/h3-6,9-10,13,16,31H,7-8H2,1-2H3,(H3,24,25,26,27)/t10-,13?,16?/m0/s1. The minimum atomic E-state index is -0.363. The fourth-order valence-electron chi connectivity index (χ4n) is 4.17. The molecule has 2 unspecified atom stereocenters. The van der Waals surface area contributed by atoms with Crippen LogP contribution in [0.15, 0.2) is 39.9 Å². The molecule has 4 aromatic rings. The van der Waals surface area contributed by atoms with Crippen LogP contribution >= 0.6 is 11.6 Å². The van der Waals surface area contributed by atoms with Crippen molar-refractivity contribution >= 4 is 34.0 Å². The summed E-state index contributed by atoms with van der Waals surface area (Å²) in [5.41, 5.74) is 7.04. The largest absolute Gasteiger partial charge is 0.396 e. The monoisotopic (exact) mass is 467 g/mol. The quantitative estimate of drug-likeness (QED) is 0.389. The van der Waals surface area contributed by atoms with E-state index in [0.29, 0.717) is 27.6 Å². The zero-order valence-electron chi connectivity index (χ0n) is 18.0. The number of aryl methyl sites for hydroxylation is 1. The summed E-state index contributed by atoms with van der Waals surface area (Å²) < 4.78 is 7.02. The summed E-state index contributed by atoms with van der Waals surface area (Å²) in [4.78, 5) is 26.1. The van der Waals surface area contributed by atoms with Crippen LogP contribution in [0.1, 0.15) is 36.9 Å². The predicted octanol–water partition coefficient (Wildman–Crippen LogP) is 3.11. The minimum absolute atomic E-state index is 0.0159. The Morgan fingerprint density at radius 3 is 2.91 bits per heavy atom. The summed E-state index contributed by atoms with van der Waals surface area (Å²) >= 11 is 6.37. The van der Waals surface area contributed by atoms with E-state index in [4.69, 9.17) is 21.9 Å². The van der Waals surface area contributed by atoms with Gasteiger partial charge >= 0.3 is 0 Å². The van der Waals surface area contributed by atoms with Gasteiger partial charge in [0, 0.05) is 24.3 Å². The normalized spacial score (nSPS) is 18.4. The molecular weight excluding hydrogens is 446 g/mol. The molecular formula is C22H22ClN7O3. The van der Waals surface area contributed by atoms with E-state index < -0.39 is 0 Å². The number of aliphatic hydroxyl groups is 1. The molecule has 1 aliphatic rings. The Hall–Kier alpha value is -3.50. The summed E-state index contributed by atoms with van der Waals surface area (Å²) in [5.74, 6) is 1.27. The van der Waals surface area contributed by atoms with Crippen molar-refractivity contribution in [1.82, 2.24) is 24.7 Å². The molecule has 1 aromatic carbocycles. The first-order chi connectivity index (χ1) is 15.9. The van der Waals surface area contributed by atoms with Crippen molar-refractivity contribution in [2.75, 3.05) is 17.7 Å². The Morgan fingerprint density at radius 2 is 2.21 bits per heavy atom. The van der Waals surface area contributed by atoms with Crippen LogP contribution in [0.25, 0.3) is 22.2 Å². The maximum Gasteiger partial charge on any atom is 0.265 e. The van der Waals surface area contributed by atoms with Crippen molar-refractivity contribution in [1.29, 1.82) is 0 Å². The highest BCUT2D eigenvalue weighted by molar-refractivity contribution is 6.35. The maximum atomic E-state index is 13.5. The molecule has 0 bridgehead atoms. The van der Waals surface area contributed by atoms with Gasteiger partial charge in [0.25, 0.3) is 11.4 Å². The third kappa shape index (κ3) is 3.70. The topological polar surface area (TPSA) is 145 Å². The molecule has 0 saturated heterocycles. The van der Waals surface area contributed by atoms with Gasteiger partial charge in [-0.25, -0.2) is 9.97 Å². The lowest BCUT2D eigenvalue weighted by atomic mass is 10.1. The van der Waals surface area contributed by atoms with Crippen molar-refractivity contribution in [3.63, 3.8) is 0 Å². The molecule has 5 rings (SSSR count). The maximum absolute atomic E-state index is 13.5. The molecule has 1 saturated carbocycles. The molecule has 3 atom stereocenters. The van der Waals surface area contributed by atoms with Crippen molar-refractivity contribution in [2.24, 2.45) is 5.92 Å². The zero-order valence-corrected chi connectivity index (χ0v) is 18.7. The lowest BCUT2D eigenvalue weighted by Gasteiger charge is -2.22. The van der Waals surface area contributed by atoms with E-state index in [-0.39, 0.29) is 41.9 Å². The van der Waals surface area contributed by atoms with Gasteiger partial charge in [0.1, 0.15) is 23.5 Å².